The fourth-order valence-electron chi connectivity index (χ4n) is 2.88. The molecule has 2 N–H and O–H groups in total. The summed E-state index contributed by atoms with van der Waals surface area (Å²) in [5.74, 6) is 0. The van der Waals surface area contributed by atoms with Crippen molar-refractivity contribution >= 4 is 28.6 Å². The molecule has 4 heteroatoms. The first-order chi connectivity index (χ1) is 9.58. The number of benzene rings is 1. The number of rotatable bonds is 2. The van der Waals surface area contributed by atoms with E-state index in [0.717, 1.165) is 29.2 Å². The van der Waals surface area contributed by atoms with Crippen LogP contribution in [0, 0.1) is 0 Å². The van der Waals surface area contributed by atoms with E-state index in [1.54, 1.807) is 0 Å². The number of anilines is 1. The lowest BCUT2D eigenvalue weighted by Gasteiger charge is -2.36. The quantitative estimate of drug-likeness (QED) is 0.882. The molecule has 2 nitrogen and oxygen atoms in total. The van der Waals surface area contributed by atoms with Crippen LogP contribution in [-0.2, 0) is 6.42 Å². The number of thiophene rings is 1. The van der Waals surface area contributed by atoms with Gasteiger partial charge in [0.2, 0.25) is 0 Å². The van der Waals surface area contributed by atoms with E-state index in [4.69, 9.17) is 17.3 Å². The minimum absolute atomic E-state index is 0.0174. The molecule has 0 aliphatic carbocycles. The standard InChI is InChI=1S/C16H19ClN2S/c1-10(18)12-3-4-15(14(17)9-12)19-7-5-16-13(11(19)2)6-8-20-16/h3-4,6,8-11H,5,7,18H2,1-2H3/t10-,11?/m1/s1. The highest BCUT2D eigenvalue weighted by Gasteiger charge is 2.26. The first-order valence-corrected chi connectivity index (χ1v) is 8.21. The summed E-state index contributed by atoms with van der Waals surface area (Å²) in [6.45, 7) is 5.25. The van der Waals surface area contributed by atoms with Gasteiger partial charge in [-0.1, -0.05) is 17.7 Å². The Morgan fingerprint density at radius 1 is 1.40 bits per heavy atom. The van der Waals surface area contributed by atoms with Crippen LogP contribution < -0.4 is 10.6 Å². The van der Waals surface area contributed by atoms with Gasteiger partial charge in [0.05, 0.1) is 16.8 Å². The lowest BCUT2D eigenvalue weighted by atomic mass is 10.00. The third-order valence-electron chi connectivity index (χ3n) is 4.08. The topological polar surface area (TPSA) is 29.3 Å². The number of hydrogen-bond acceptors (Lipinski definition) is 3. The van der Waals surface area contributed by atoms with Crippen LogP contribution in [0.4, 0.5) is 5.69 Å². The zero-order chi connectivity index (χ0) is 14.3. The van der Waals surface area contributed by atoms with Crippen molar-refractivity contribution in [1.29, 1.82) is 0 Å². The van der Waals surface area contributed by atoms with Crippen LogP contribution in [0.1, 0.15) is 41.9 Å². The van der Waals surface area contributed by atoms with Crippen molar-refractivity contribution in [3.8, 4) is 0 Å². The Morgan fingerprint density at radius 2 is 2.20 bits per heavy atom. The third-order valence-corrected chi connectivity index (χ3v) is 5.38. The number of nitrogens with two attached hydrogens (primary N) is 1. The molecule has 106 valence electrons. The van der Waals surface area contributed by atoms with E-state index in [1.165, 1.54) is 10.4 Å². The fraction of sp³-hybridized carbons (Fsp3) is 0.375. The molecule has 0 fully saturated rings. The van der Waals surface area contributed by atoms with Gasteiger partial charge in [-0.25, -0.2) is 0 Å². The van der Waals surface area contributed by atoms with Crippen molar-refractivity contribution < 1.29 is 0 Å². The average Bonchev–Trinajstić information content (AvgIpc) is 2.89. The smallest absolute Gasteiger partial charge is 0.0643 e. The van der Waals surface area contributed by atoms with Crippen molar-refractivity contribution in [2.45, 2.75) is 32.4 Å². The lowest BCUT2D eigenvalue weighted by molar-refractivity contribution is 0.632. The Hall–Kier alpha value is -1.03. The zero-order valence-corrected chi connectivity index (χ0v) is 13.3. The summed E-state index contributed by atoms with van der Waals surface area (Å²) in [4.78, 5) is 3.90. The second-order valence-electron chi connectivity index (χ2n) is 5.42. The second kappa shape index (κ2) is 5.40. The summed E-state index contributed by atoms with van der Waals surface area (Å²) < 4.78 is 0. The van der Waals surface area contributed by atoms with Crippen molar-refractivity contribution in [2.75, 3.05) is 11.4 Å². The molecule has 1 aromatic carbocycles. The SMILES string of the molecule is CC1c2ccsc2CCN1c1ccc([C@@H](C)N)cc1Cl. The normalized spacial score (nSPS) is 19.8. The molecule has 2 heterocycles. The van der Waals surface area contributed by atoms with Gasteiger partial charge in [0.25, 0.3) is 0 Å². The molecule has 0 bridgehead atoms. The molecule has 2 atom stereocenters. The van der Waals surface area contributed by atoms with Gasteiger partial charge in [0, 0.05) is 17.5 Å². The molecular formula is C16H19ClN2S. The molecule has 3 rings (SSSR count). The molecule has 2 aromatic rings. The van der Waals surface area contributed by atoms with Crippen LogP contribution >= 0.6 is 22.9 Å². The van der Waals surface area contributed by atoms with Crippen LogP contribution in [-0.4, -0.2) is 6.54 Å². The van der Waals surface area contributed by atoms with E-state index in [9.17, 15) is 0 Å². The maximum atomic E-state index is 6.48. The first-order valence-electron chi connectivity index (χ1n) is 6.96. The van der Waals surface area contributed by atoms with E-state index in [1.807, 2.05) is 24.3 Å². The molecule has 1 aliphatic rings. The van der Waals surface area contributed by atoms with Crippen LogP contribution in [0.15, 0.2) is 29.6 Å². The third kappa shape index (κ3) is 2.34. The molecule has 1 aliphatic heterocycles. The van der Waals surface area contributed by atoms with E-state index < -0.39 is 0 Å². The largest absolute Gasteiger partial charge is 0.363 e. The summed E-state index contributed by atoms with van der Waals surface area (Å²) in [5.41, 5.74) is 9.55. The van der Waals surface area contributed by atoms with Gasteiger partial charge in [-0.15, -0.1) is 11.3 Å². The van der Waals surface area contributed by atoms with Crippen molar-refractivity contribution in [3.05, 3.63) is 50.7 Å². The summed E-state index contributed by atoms with van der Waals surface area (Å²) >= 11 is 8.34. The molecule has 1 unspecified atom stereocenters. The number of fused-ring (bicyclic) bond motifs is 1. The Bertz CT molecular complexity index is 621. The van der Waals surface area contributed by atoms with Crippen molar-refractivity contribution in [2.24, 2.45) is 5.73 Å². The number of nitrogens with zero attached hydrogens (tertiary/aromatic N) is 1. The van der Waals surface area contributed by atoms with Crippen LogP contribution in [0.25, 0.3) is 0 Å². The lowest BCUT2D eigenvalue weighted by Crippen LogP contribution is -2.33. The summed E-state index contributed by atoms with van der Waals surface area (Å²) in [6.07, 6.45) is 1.10. The van der Waals surface area contributed by atoms with Gasteiger partial charge in [0.15, 0.2) is 0 Å². The predicted molar refractivity (Wildman–Crippen MR) is 87.8 cm³/mol. The van der Waals surface area contributed by atoms with Crippen LogP contribution in [0.5, 0.6) is 0 Å². The van der Waals surface area contributed by atoms with Gasteiger partial charge >= 0.3 is 0 Å². The van der Waals surface area contributed by atoms with E-state index >= 15 is 0 Å². The monoisotopic (exact) mass is 306 g/mol. The summed E-state index contributed by atoms with van der Waals surface area (Å²) in [6, 6.07) is 8.82. The highest BCUT2D eigenvalue weighted by Crippen LogP contribution is 2.39. The Labute approximate surface area is 129 Å². The molecule has 0 radical (unpaired) electrons. The van der Waals surface area contributed by atoms with E-state index in [2.05, 4.69) is 35.4 Å². The molecule has 1 aromatic heterocycles. The van der Waals surface area contributed by atoms with Crippen LogP contribution in [0.2, 0.25) is 5.02 Å². The highest BCUT2D eigenvalue weighted by molar-refractivity contribution is 7.10. The molecule has 0 saturated carbocycles. The number of hydrogen-bond donors (Lipinski definition) is 1. The molecular weight excluding hydrogens is 288 g/mol. The van der Waals surface area contributed by atoms with E-state index in [0.29, 0.717) is 6.04 Å². The molecule has 0 saturated heterocycles. The van der Waals surface area contributed by atoms with Gasteiger partial charge in [0.1, 0.15) is 0 Å². The molecule has 0 amide bonds. The number of halogens is 1. The van der Waals surface area contributed by atoms with Gasteiger partial charge < -0.3 is 10.6 Å². The van der Waals surface area contributed by atoms with Crippen molar-refractivity contribution in [3.63, 3.8) is 0 Å². The fourth-order valence-corrected chi connectivity index (χ4v) is 4.14. The van der Waals surface area contributed by atoms with E-state index in [-0.39, 0.29) is 6.04 Å². The van der Waals surface area contributed by atoms with Crippen molar-refractivity contribution in [1.82, 2.24) is 0 Å². The summed E-state index contributed by atoms with van der Waals surface area (Å²) in [5, 5.41) is 2.98. The summed E-state index contributed by atoms with van der Waals surface area (Å²) in [7, 11) is 0. The average molecular weight is 307 g/mol. The van der Waals surface area contributed by atoms with Gasteiger partial charge in [-0.2, -0.15) is 0 Å². The van der Waals surface area contributed by atoms with Gasteiger partial charge in [-0.3, -0.25) is 0 Å². The minimum atomic E-state index is 0.0174. The molecule has 20 heavy (non-hydrogen) atoms. The van der Waals surface area contributed by atoms with Gasteiger partial charge in [-0.05, 0) is 55.0 Å². The maximum absolute atomic E-state index is 6.48. The Kier molecular flexibility index (Phi) is 3.76. The minimum Gasteiger partial charge on any atom is -0.363 e. The Balaban J connectivity index is 1.94. The highest BCUT2D eigenvalue weighted by atomic mass is 35.5. The maximum Gasteiger partial charge on any atom is 0.0643 e. The second-order valence-corrected chi connectivity index (χ2v) is 6.83. The predicted octanol–water partition coefficient (Wildman–Crippen LogP) is 4.54. The Morgan fingerprint density at radius 3 is 2.90 bits per heavy atom. The molecule has 0 spiro atoms. The zero-order valence-electron chi connectivity index (χ0n) is 11.8. The first kappa shape index (κ1) is 13.9. The van der Waals surface area contributed by atoms with Crippen LogP contribution in [0.3, 0.4) is 0 Å².